The van der Waals surface area contributed by atoms with Crippen molar-refractivity contribution in [3.63, 3.8) is 0 Å². The third-order valence-electron chi connectivity index (χ3n) is 8.68. The van der Waals surface area contributed by atoms with Crippen LogP contribution in [-0.4, -0.2) is 48.4 Å². The van der Waals surface area contributed by atoms with Crippen molar-refractivity contribution in [3.05, 3.63) is 58.4 Å². The van der Waals surface area contributed by atoms with E-state index in [1.54, 1.807) is 28.9 Å². The fraction of sp³-hybridized carbons (Fsp3) is 0.581. The van der Waals surface area contributed by atoms with Crippen LogP contribution in [0.25, 0.3) is 11.2 Å². The highest BCUT2D eigenvalue weighted by Gasteiger charge is 2.41. The third kappa shape index (κ3) is 5.69. The van der Waals surface area contributed by atoms with Crippen LogP contribution >= 0.6 is 0 Å². The normalized spacial score (nSPS) is 23.1. The van der Waals surface area contributed by atoms with E-state index >= 15 is 0 Å². The highest BCUT2D eigenvalue weighted by Crippen LogP contribution is 2.43. The largest absolute Gasteiger partial charge is 0.353 e. The zero-order chi connectivity index (χ0) is 28.8. The van der Waals surface area contributed by atoms with Gasteiger partial charge in [0.1, 0.15) is 0 Å². The number of carbonyl (C=O) groups excluding carboxylic acids is 2. The molecule has 0 bridgehead atoms. The van der Waals surface area contributed by atoms with Crippen LogP contribution < -0.4 is 11.0 Å². The Kier molecular flexibility index (Phi) is 7.35. The number of fused-ring (bicyclic) bond motifs is 1. The molecule has 3 aromatic rings. The van der Waals surface area contributed by atoms with Gasteiger partial charge in [0.2, 0.25) is 11.8 Å². The summed E-state index contributed by atoms with van der Waals surface area (Å²) in [6.07, 6.45) is 6.37. The van der Waals surface area contributed by atoms with E-state index < -0.39 is 0 Å². The number of nitrogens with one attached hydrogen (secondary N) is 1. The molecule has 4 heterocycles. The molecule has 9 heteroatoms. The Hall–Kier alpha value is -3.49. The van der Waals surface area contributed by atoms with Gasteiger partial charge in [-0.2, -0.15) is 0 Å². The quantitative estimate of drug-likeness (QED) is 0.504. The Bertz CT molecular complexity index is 1470. The number of hydrogen-bond donors (Lipinski definition) is 1. The van der Waals surface area contributed by atoms with Crippen LogP contribution in [0.1, 0.15) is 77.5 Å². The number of aromatic nitrogens is 4. The van der Waals surface area contributed by atoms with Crippen molar-refractivity contribution in [2.45, 2.75) is 85.4 Å². The topological polar surface area (TPSA) is 102 Å². The molecule has 3 unspecified atom stereocenters. The minimum atomic E-state index is -0.350. The molecule has 1 aliphatic heterocycles. The number of rotatable bonds is 6. The number of imidazole rings is 1. The maximum Gasteiger partial charge on any atom is 0.330 e. The van der Waals surface area contributed by atoms with Crippen LogP contribution in [0.3, 0.4) is 0 Å². The van der Waals surface area contributed by atoms with Crippen molar-refractivity contribution >= 4 is 23.0 Å². The molecule has 0 spiro atoms. The zero-order valence-electron chi connectivity index (χ0n) is 24.6. The lowest BCUT2D eigenvalue weighted by molar-refractivity contribution is -0.129. The molecule has 40 heavy (non-hydrogen) atoms. The average molecular weight is 547 g/mol. The van der Waals surface area contributed by atoms with E-state index in [1.807, 2.05) is 22.8 Å². The number of nitrogens with zero attached hydrogens (tertiary/aromatic N) is 5. The summed E-state index contributed by atoms with van der Waals surface area (Å²) in [6, 6.07) is 7.84. The molecule has 1 saturated carbocycles. The minimum Gasteiger partial charge on any atom is -0.353 e. The van der Waals surface area contributed by atoms with Gasteiger partial charge in [-0.1, -0.05) is 34.6 Å². The Balaban J connectivity index is 1.30. The van der Waals surface area contributed by atoms with Crippen molar-refractivity contribution in [1.29, 1.82) is 0 Å². The van der Waals surface area contributed by atoms with E-state index in [0.717, 1.165) is 36.0 Å². The average Bonchev–Trinajstić information content (AvgIpc) is 3.37. The lowest BCUT2D eigenvalue weighted by Crippen LogP contribution is -2.50. The van der Waals surface area contributed by atoms with Crippen LogP contribution in [0.4, 0.5) is 0 Å². The molecule has 3 atom stereocenters. The van der Waals surface area contributed by atoms with Crippen molar-refractivity contribution in [2.75, 3.05) is 6.54 Å². The minimum absolute atomic E-state index is 0.0132. The summed E-state index contributed by atoms with van der Waals surface area (Å²) in [5, 5.41) is 3.33. The van der Waals surface area contributed by atoms with E-state index in [1.165, 1.54) is 0 Å². The molecule has 1 N–H and O–H groups in total. The Morgan fingerprint density at radius 3 is 2.55 bits per heavy atom. The molecule has 5 rings (SSSR count). The summed E-state index contributed by atoms with van der Waals surface area (Å²) >= 11 is 0. The number of amides is 2. The van der Waals surface area contributed by atoms with Gasteiger partial charge in [-0.3, -0.25) is 23.7 Å². The number of aryl methyl sites for hydroxylation is 1. The fourth-order valence-electron chi connectivity index (χ4n) is 6.21. The first-order valence-electron chi connectivity index (χ1n) is 14.4. The van der Waals surface area contributed by atoms with Crippen LogP contribution in [0.2, 0.25) is 0 Å². The summed E-state index contributed by atoms with van der Waals surface area (Å²) in [5.41, 5.74) is 3.39. The molecule has 0 radical (unpaired) electrons. The van der Waals surface area contributed by atoms with E-state index in [9.17, 15) is 14.4 Å². The molecule has 9 nitrogen and oxygen atoms in total. The molecule has 0 aromatic carbocycles. The van der Waals surface area contributed by atoms with Gasteiger partial charge in [0.15, 0.2) is 5.65 Å². The summed E-state index contributed by atoms with van der Waals surface area (Å²) in [6.45, 7) is 12.3. The standard InChI is InChI=1S/C31H42N6O3/c1-30(2,3)19-37-24-8-7-23(33-27(24)35(6)29(37)40)21-9-12-31(4,5)25(15-21)34-28(39)22-16-26(38)36(18-22)17-20-10-13-32-14-11-20/h7-8,10-11,13-14,21-22,25H,9,12,15-19H2,1-6H3,(H,34,39). The first-order valence-corrected chi connectivity index (χ1v) is 14.4. The van der Waals surface area contributed by atoms with Crippen molar-refractivity contribution in [2.24, 2.45) is 23.8 Å². The molecular weight excluding hydrogens is 504 g/mol. The second-order valence-corrected chi connectivity index (χ2v) is 13.6. The summed E-state index contributed by atoms with van der Waals surface area (Å²) < 4.78 is 3.46. The maximum atomic E-state index is 13.4. The van der Waals surface area contributed by atoms with E-state index in [-0.39, 0.29) is 52.6 Å². The van der Waals surface area contributed by atoms with Crippen molar-refractivity contribution in [3.8, 4) is 0 Å². The second kappa shape index (κ2) is 10.5. The van der Waals surface area contributed by atoms with Crippen LogP contribution in [0.5, 0.6) is 0 Å². The zero-order valence-corrected chi connectivity index (χ0v) is 24.6. The van der Waals surface area contributed by atoms with Gasteiger partial charge in [-0.25, -0.2) is 9.78 Å². The van der Waals surface area contributed by atoms with Crippen LogP contribution in [-0.2, 0) is 29.7 Å². The molecular formula is C31H42N6O3. The van der Waals surface area contributed by atoms with Gasteiger partial charge < -0.3 is 10.2 Å². The smallest absolute Gasteiger partial charge is 0.330 e. The van der Waals surface area contributed by atoms with Crippen LogP contribution in [0, 0.1) is 16.7 Å². The Morgan fingerprint density at radius 1 is 1.12 bits per heavy atom. The van der Waals surface area contributed by atoms with Crippen molar-refractivity contribution < 1.29 is 9.59 Å². The van der Waals surface area contributed by atoms with Gasteiger partial charge in [0.25, 0.3) is 0 Å². The van der Waals surface area contributed by atoms with E-state index in [4.69, 9.17) is 4.98 Å². The predicted octanol–water partition coefficient (Wildman–Crippen LogP) is 4.00. The fourth-order valence-corrected chi connectivity index (χ4v) is 6.21. The highest BCUT2D eigenvalue weighted by molar-refractivity contribution is 5.89. The molecule has 2 aliphatic rings. The summed E-state index contributed by atoms with van der Waals surface area (Å²) in [7, 11) is 1.79. The van der Waals surface area contributed by atoms with E-state index in [0.29, 0.717) is 25.3 Å². The molecule has 3 aromatic heterocycles. The highest BCUT2D eigenvalue weighted by atomic mass is 16.2. The summed E-state index contributed by atoms with van der Waals surface area (Å²) in [4.78, 5) is 49.9. The SMILES string of the molecule is Cn1c(=O)n(CC(C)(C)C)c2ccc(C3CCC(C)(C)C(NC(=O)C4CC(=O)N(Cc5ccncc5)C4)C3)nc21. The predicted molar refractivity (Wildman–Crippen MR) is 154 cm³/mol. The number of hydrogen-bond acceptors (Lipinski definition) is 5. The van der Waals surface area contributed by atoms with Gasteiger partial charge in [0.05, 0.1) is 11.4 Å². The lowest BCUT2D eigenvalue weighted by Gasteiger charge is -2.42. The molecule has 2 amide bonds. The van der Waals surface area contributed by atoms with Crippen LogP contribution in [0.15, 0.2) is 41.5 Å². The lowest BCUT2D eigenvalue weighted by atomic mass is 9.68. The second-order valence-electron chi connectivity index (χ2n) is 13.6. The number of pyridine rings is 2. The van der Waals surface area contributed by atoms with Gasteiger partial charge in [-0.15, -0.1) is 0 Å². The van der Waals surface area contributed by atoms with Gasteiger partial charge >= 0.3 is 5.69 Å². The number of likely N-dealkylation sites (tertiary alicyclic amines) is 1. The molecule has 1 saturated heterocycles. The molecule has 214 valence electrons. The summed E-state index contributed by atoms with van der Waals surface area (Å²) in [5.74, 6) is -0.206. The Morgan fingerprint density at radius 2 is 1.85 bits per heavy atom. The van der Waals surface area contributed by atoms with Crippen molar-refractivity contribution in [1.82, 2.24) is 29.3 Å². The monoisotopic (exact) mass is 546 g/mol. The maximum absolute atomic E-state index is 13.4. The van der Waals surface area contributed by atoms with Gasteiger partial charge in [-0.05, 0) is 59.9 Å². The Labute approximate surface area is 236 Å². The van der Waals surface area contributed by atoms with Gasteiger partial charge in [0, 0.05) is 63.2 Å². The third-order valence-corrected chi connectivity index (χ3v) is 8.68. The molecule has 2 fully saturated rings. The number of carbonyl (C=O) groups is 2. The first-order chi connectivity index (χ1) is 18.8. The first kappa shape index (κ1) is 28.1. The molecule has 1 aliphatic carbocycles. The van der Waals surface area contributed by atoms with E-state index in [2.05, 4.69) is 51.0 Å².